The quantitative estimate of drug-likeness (QED) is 0.692. The van der Waals surface area contributed by atoms with Gasteiger partial charge in [-0.1, -0.05) is 30.3 Å². The van der Waals surface area contributed by atoms with Crippen molar-refractivity contribution in [2.24, 2.45) is 0 Å². The van der Waals surface area contributed by atoms with Crippen LogP contribution in [-0.2, 0) is 4.79 Å². The number of nitrogens with zero attached hydrogens (tertiary/aromatic N) is 1. The van der Waals surface area contributed by atoms with Crippen molar-refractivity contribution in [1.82, 2.24) is 0 Å². The Kier molecular flexibility index (Phi) is 3.23. The first-order valence-corrected chi connectivity index (χ1v) is 7.66. The molecule has 0 unspecified atom stereocenters. The SMILES string of the molecule is O=C(c1cccc(N2CCCC2=O)c1)c1cc2ccccc2o1. The number of amides is 1. The highest BCUT2D eigenvalue weighted by Crippen LogP contribution is 2.25. The van der Waals surface area contributed by atoms with Crippen molar-refractivity contribution in [2.45, 2.75) is 12.8 Å². The molecule has 3 aromatic rings. The summed E-state index contributed by atoms with van der Waals surface area (Å²) in [6.07, 6.45) is 1.43. The summed E-state index contributed by atoms with van der Waals surface area (Å²) in [5, 5.41) is 0.904. The van der Waals surface area contributed by atoms with E-state index in [-0.39, 0.29) is 11.7 Å². The van der Waals surface area contributed by atoms with Crippen molar-refractivity contribution in [2.75, 3.05) is 11.4 Å². The lowest BCUT2D eigenvalue weighted by atomic mass is 10.1. The lowest BCUT2D eigenvalue weighted by molar-refractivity contribution is -0.117. The van der Waals surface area contributed by atoms with Crippen LogP contribution in [0.25, 0.3) is 11.0 Å². The minimum Gasteiger partial charge on any atom is -0.453 e. The van der Waals surface area contributed by atoms with Crippen molar-refractivity contribution in [3.05, 3.63) is 65.9 Å². The number of benzene rings is 2. The molecule has 4 rings (SSSR count). The Hall–Kier alpha value is -2.88. The number of ketones is 1. The molecular formula is C19H15NO3. The second-order valence-electron chi connectivity index (χ2n) is 5.68. The summed E-state index contributed by atoms with van der Waals surface area (Å²) in [7, 11) is 0. The zero-order chi connectivity index (χ0) is 15.8. The Morgan fingerprint density at radius 3 is 2.70 bits per heavy atom. The van der Waals surface area contributed by atoms with Crippen LogP contribution in [0.1, 0.15) is 29.0 Å². The molecule has 0 N–H and O–H groups in total. The molecule has 1 saturated heterocycles. The van der Waals surface area contributed by atoms with E-state index in [0.717, 1.165) is 17.5 Å². The van der Waals surface area contributed by atoms with E-state index in [4.69, 9.17) is 4.42 Å². The Labute approximate surface area is 133 Å². The summed E-state index contributed by atoms with van der Waals surface area (Å²) in [6, 6.07) is 16.5. The number of hydrogen-bond acceptors (Lipinski definition) is 3. The van der Waals surface area contributed by atoms with Crippen LogP contribution >= 0.6 is 0 Å². The van der Waals surface area contributed by atoms with Gasteiger partial charge >= 0.3 is 0 Å². The summed E-state index contributed by atoms with van der Waals surface area (Å²) < 4.78 is 5.64. The fourth-order valence-electron chi connectivity index (χ4n) is 2.97. The molecule has 2 aromatic carbocycles. The fourth-order valence-corrected chi connectivity index (χ4v) is 2.97. The van der Waals surface area contributed by atoms with Gasteiger partial charge in [0.2, 0.25) is 11.7 Å². The molecule has 1 aliphatic heterocycles. The highest BCUT2D eigenvalue weighted by molar-refractivity contribution is 6.10. The molecule has 0 spiro atoms. The molecule has 23 heavy (non-hydrogen) atoms. The third kappa shape index (κ3) is 2.42. The van der Waals surface area contributed by atoms with Gasteiger partial charge in [-0.25, -0.2) is 0 Å². The number of carbonyl (C=O) groups excluding carboxylic acids is 2. The zero-order valence-corrected chi connectivity index (χ0v) is 12.5. The van der Waals surface area contributed by atoms with Crippen molar-refractivity contribution >= 4 is 28.3 Å². The van der Waals surface area contributed by atoms with Crippen LogP contribution in [0.3, 0.4) is 0 Å². The van der Waals surface area contributed by atoms with Crippen LogP contribution in [0.15, 0.2) is 59.0 Å². The average Bonchev–Trinajstić information content (AvgIpc) is 3.20. The minimum atomic E-state index is -0.172. The van der Waals surface area contributed by atoms with Gasteiger partial charge in [-0.15, -0.1) is 0 Å². The Balaban J connectivity index is 1.69. The van der Waals surface area contributed by atoms with Gasteiger partial charge in [0.15, 0.2) is 5.76 Å². The molecule has 0 aliphatic carbocycles. The van der Waals surface area contributed by atoms with Crippen molar-refractivity contribution in [1.29, 1.82) is 0 Å². The van der Waals surface area contributed by atoms with Crippen molar-refractivity contribution < 1.29 is 14.0 Å². The maximum Gasteiger partial charge on any atom is 0.228 e. The monoisotopic (exact) mass is 305 g/mol. The molecule has 1 aliphatic rings. The standard InChI is InChI=1S/C19H15NO3/c21-18-9-4-10-20(18)15-7-3-6-14(11-15)19(22)17-12-13-5-1-2-8-16(13)23-17/h1-3,5-8,11-12H,4,9-10H2. The second-order valence-corrected chi connectivity index (χ2v) is 5.68. The normalized spacial score (nSPS) is 14.6. The number of anilines is 1. The molecule has 0 radical (unpaired) electrons. The smallest absolute Gasteiger partial charge is 0.228 e. The number of furan rings is 1. The van der Waals surface area contributed by atoms with E-state index in [9.17, 15) is 9.59 Å². The van der Waals surface area contributed by atoms with E-state index in [1.807, 2.05) is 30.3 Å². The maximum absolute atomic E-state index is 12.7. The topological polar surface area (TPSA) is 50.5 Å². The molecule has 1 aromatic heterocycles. The van der Waals surface area contributed by atoms with Crippen LogP contribution in [-0.4, -0.2) is 18.2 Å². The first-order chi connectivity index (χ1) is 11.2. The van der Waals surface area contributed by atoms with Crippen LogP contribution in [0, 0.1) is 0 Å². The van der Waals surface area contributed by atoms with E-state index >= 15 is 0 Å². The number of para-hydroxylation sites is 1. The maximum atomic E-state index is 12.7. The molecule has 4 heteroatoms. The molecule has 1 fully saturated rings. The fraction of sp³-hybridized carbons (Fsp3) is 0.158. The molecule has 2 heterocycles. The molecule has 0 bridgehead atoms. The largest absolute Gasteiger partial charge is 0.453 e. The third-order valence-corrected chi connectivity index (χ3v) is 4.14. The Morgan fingerprint density at radius 1 is 1.04 bits per heavy atom. The van der Waals surface area contributed by atoms with Gasteiger partial charge in [-0.3, -0.25) is 9.59 Å². The van der Waals surface area contributed by atoms with E-state index in [0.29, 0.717) is 29.9 Å². The van der Waals surface area contributed by atoms with Gasteiger partial charge in [0.1, 0.15) is 5.58 Å². The van der Waals surface area contributed by atoms with Gasteiger partial charge in [0.25, 0.3) is 0 Å². The highest BCUT2D eigenvalue weighted by atomic mass is 16.3. The predicted molar refractivity (Wildman–Crippen MR) is 87.7 cm³/mol. The van der Waals surface area contributed by atoms with Crippen LogP contribution in [0.4, 0.5) is 5.69 Å². The van der Waals surface area contributed by atoms with E-state index in [1.165, 1.54) is 0 Å². The van der Waals surface area contributed by atoms with Gasteiger partial charge in [-0.05, 0) is 30.7 Å². The van der Waals surface area contributed by atoms with Crippen LogP contribution < -0.4 is 4.90 Å². The van der Waals surface area contributed by atoms with Crippen molar-refractivity contribution in [3.8, 4) is 0 Å². The summed E-state index contributed by atoms with van der Waals surface area (Å²) in [4.78, 5) is 26.3. The van der Waals surface area contributed by atoms with Crippen LogP contribution in [0.2, 0.25) is 0 Å². The molecule has 114 valence electrons. The summed E-state index contributed by atoms with van der Waals surface area (Å²) in [5.41, 5.74) is 2.00. The first kappa shape index (κ1) is 13.8. The summed E-state index contributed by atoms with van der Waals surface area (Å²) in [5.74, 6) is 0.254. The summed E-state index contributed by atoms with van der Waals surface area (Å²) in [6.45, 7) is 0.709. The molecule has 4 nitrogen and oxygen atoms in total. The van der Waals surface area contributed by atoms with Gasteiger partial charge in [0.05, 0.1) is 0 Å². The molecule has 0 atom stereocenters. The van der Waals surface area contributed by atoms with Crippen LogP contribution in [0.5, 0.6) is 0 Å². The van der Waals surface area contributed by atoms with Gasteiger partial charge < -0.3 is 9.32 Å². The van der Waals surface area contributed by atoms with E-state index in [2.05, 4.69) is 0 Å². The first-order valence-electron chi connectivity index (χ1n) is 7.66. The third-order valence-electron chi connectivity index (χ3n) is 4.14. The molecular weight excluding hydrogens is 290 g/mol. The lowest BCUT2D eigenvalue weighted by Crippen LogP contribution is -2.23. The Morgan fingerprint density at radius 2 is 1.91 bits per heavy atom. The number of carbonyl (C=O) groups is 2. The van der Waals surface area contributed by atoms with E-state index < -0.39 is 0 Å². The van der Waals surface area contributed by atoms with Gasteiger partial charge in [-0.2, -0.15) is 0 Å². The van der Waals surface area contributed by atoms with Gasteiger partial charge in [0, 0.05) is 29.6 Å². The van der Waals surface area contributed by atoms with E-state index in [1.54, 1.807) is 29.2 Å². The number of fused-ring (bicyclic) bond motifs is 1. The molecule has 0 saturated carbocycles. The predicted octanol–water partition coefficient (Wildman–Crippen LogP) is 3.79. The zero-order valence-electron chi connectivity index (χ0n) is 12.5. The summed E-state index contributed by atoms with van der Waals surface area (Å²) >= 11 is 0. The lowest BCUT2D eigenvalue weighted by Gasteiger charge is -2.16. The number of hydrogen-bond donors (Lipinski definition) is 0. The van der Waals surface area contributed by atoms with Crippen molar-refractivity contribution in [3.63, 3.8) is 0 Å². The second kappa shape index (κ2) is 5.39. The highest BCUT2D eigenvalue weighted by Gasteiger charge is 2.23. The Bertz CT molecular complexity index is 877. The average molecular weight is 305 g/mol. The number of rotatable bonds is 3. The minimum absolute atomic E-state index is 0.110. The molecule has 1 amide bonds.